The third-order valence-electron chi connectivity index (χ3n) is 6.12. The number of H-pyrrole nitrogens is 1. The number of pyridine rings is 1. The predicted molar refractivity (Wildman–Crippen MR) is 124 cm³/mol. The minimum Gasteiger partial charge on any atom is -0.480 e. The molecule has 3 heterocycles. The molecule has 158 valence electrons. The number of carbonyl (C=O) groups is 1. The standard InChI is InChI=1S/C24H23ClN4O2/c1-15-12-22(27-20-5-3-2-4-17(15)20)28-8-10-29(11-9-28)23(24(30)31)19-14-26-21-13-16(25)6-7-18(19)21/h2-7,12-14,23,26H,8-11H2,1H3,(H,30,31)/t23-/m1/s1. The Morgan fingerprint density at radius 2 is 1.87 bits per heavy atom. The number of fused-ring (bicyclic) bond motifs is 2. The molecule has 0 aliphatic carbocycles. The fourth-order valence-corrected chi connectivity index (χ4v) is 4.71. The van der Waals surface area contributed by atoms with Gasteiger partial charge in [-0.15, -0.1) is 0 Å². The zero-order chi connectivity index (χ0) is 21.5. The fraction of sp³-hybridized carbons (Fsp3) is 0.250. The number of piperazine rings is 1. The second-order valence-corrected chi connectivity index (χ2v) is 8.45. The largest absolute Gasteiger partial charge is 0.480 e. The molecule has 0 spiro atoms. The molecule has 0 saturated carbocycles. The van der Waals surface area contributed by atoms with Gasteiger partial charge in [-0.1, -0.05) is 35.9 Å². The van der Waals surface area contributed by atoms with Gasteiger partial charge in [0.15, 0.2) is 0 Å². The number of aliphatic carboxylic acids is 1. The molecule has 1 atom stereocenters. The number of carboxylic acid groups (broad SMARTS) is 1. The van der Waals surface area contributed by atoms with Crippen LogP contribution in [0.4, 0.5) is 5.82 Å². The first-order valence-electron chi connectivity index (χ1n) is 10.4. The first-order chi connectivity index (χ1) is 15.0. The second-order valence-electron chi connectivity index (χ2n) is 8.01. The Morgan fingerprint density at radius 1 is 1.10 bits per heavy atom. The summed E-state index contributed by atoms with van der Waals surface area (Å²) in [6.07, 6.45) is 1.79. The monoisotopic (exact) mass is 434 g/mol. The van der Waals surface area contributed by atoms with Crippen molar-refractivity contribution in [1.29, 1.82) is 0 Å². The Balaban J connectivity index is 1.39. The molecule has 1 aliphatic rings. The second kappa shape index (κ2) is 7.87. The number of hydrogen-bond donors (Lipinski definition) is 2. The highest BCUT2D eigenvalue weighted by Gasteiger charge is 2.32. The van der Waals surface area contributed by atoms with E-state index in [1.54, 1.807) is 12.3 Å². The van der Waals surface area contributed by atoms with E-state index in [0.717, 1.165) is 46.3 Å². The van der Waals surface area contributed by atoms with Gasteiger partial charge in [0.1, 0.15) is 11.9 Å². The molecule has 2 N–H and O–H groups in total. The van der Waals surface area contributed by atoms with Crippen molar-refractivity contribution in [1.82, 2.24) is 14.9 Å². The van der Waals surface area contributed by atoms with E-state index in [9.17, 15) is 9.90 Å². The zero-order valence-corrected chi connectivity index (χ0v) is 17.9. The normalized spacial score (nSPS) is 16.1. The number of aromatic amines is 1. The molecule has 31 heavy (non-hydrogen) atoms. The Bertz CT molecular complexity index is 1280. The van der Waals surface area contributed by atoms with Gasteiger partial charge in [0.25, 0.3) is 0 Å². The number of nitrogens with one attached hydrogen (secondary N) is 1. The molecule has 1 saturated heterocycles. The Hall–Kier alpha value is -3.09. The van der Waals surface area contributed by atoms with E-state index >= 15 is 0 Å². The van der Waals surface area contributed by atoms with Gasteiger partial charge in [0, 0.05) is 59.3 Å². The van der Waals surface area contributed by atoms with E-state index in [1.807, 2.05) is 35.2 Å². The molecule has 6 nitrogen and oxygen atoms in total. The van der Waals surface area contributed by atoms with Crippen LogP contribution in [0.3, 0.4) is 0 Å². The van der Waals surface area contributed by atoms with Crippen LogP contribution in [-0.2, 0) is 4.79 Å². The lowest BCUT2D eigenvalue weighted by Gasteiger charge is -2.38. The summed E-state index contributed by atoms with van der Waals surface area (Å²) in [7, 11) is 0. The Morgan fingerprint density at radius 3 is 2.65 bits per heavy atom. The average Bonchev–Trinajstić information content (AvgIpc) is 3.16. The molecule has 1 aliphatic heterocycles. The summed E-state index contributed by atoms with van der Waals surface area (Å²) in [6.45, 7) is 4.84. The van der Waals surface area contributed by atoms with Gasteiger partial charge in [-0.2, -0.15) is 0 Å². The van der Waals surface area contributed by atoms with Crippen LogP contribution in [0.25, 0.3) is 21.8 Å². The van der Waals surface area contributed by atoms with E-state index in [-0.39, 0.29) is 0 Å². The van der Waals surface area contributed by atoms with Gasteiger partial charge < -0.3 is 15.0 Å². The molecule has 7 heteroatoms. The first-order valence-corrected chi connectivity index (χ1v) is 10.7. The lowest BCUT2D eigenvalue weighted by Crippen LogP contribution is -2.49. The molecule has 5 rings (SSSR count). The maximum Gasteiger partial charge on any atom is 0.325 e. The zero-order valence-electron chi connectivity index (χ0n) is 17.2. The van der Waals surface area contributed by atoms with Crippen molar-refractivity contribution < 1.29 is 9.90 Å². The highest BCUT2D eigenvalue weighted by atomic mass is 35.5. The molecule has 0 amide bonds. The van der Waals surface area contributed by atoms with Crippen LogP contribution in [0.2, 0.25) is 5.02 Å². The number of hydrogen-bond acceptors (Lipinski definition) is 4. The summed E-state index contributed by atoms with van der Waals surface area (Å²) in [6, 6.07) is 15.1. The number of aryl methyl sites for hydroxylation is 1. The molecule has 2 aromatic carbocycles. The minimum atomic E-state index is -0.844. The van der Waals surface area contributed by atoms with Gasteiger partial charge >= 0.3 is 5.97 Å². The molecule has 0 unspecified atom stereocenters. The molecule has 4 aromatic rings. The molecule has 2 aromatic heterocycles. The van der Waals surface area contributed by atoms with Crippen molar-refractivity contribution in [3.8, 4) is 0 Å². The van der Waals surface area contributed by atoms with Crippen LogP contribution in [0, 0.1) is 6.92 Å². The summed E-state index contributed by atoms with van der Waals surface area (Å²) in [5, 5.41) is 12.7. The Labute approximate surface area is 185 Å². The van der Waals surface area contributed by atoms with E-state index in [4.69, 9.17) is 16.6 Å². The summed E-state index contributed by atoms with van der Waals surface area (Å²) >= 11 is 6.08. The molecule has 0 bridgehead atoms. The number of nitrogens with zero attached hydrogens (tertiary/aromatic N) is 3. The number of rotatable bonds is 4. The van der Waals surface area contributed by atoms with Gasteiger partial charge in [-0.3, -0.25) is 9.69 Å². The quantitative estimate of drug-likeness (QED) is 0.490. The number of halogens is 1. The van der Waals surface area contributed by atoms with Crippen molar-refractivity contribution in [3.63, 3.8) is 0 Å². The summed E-state index contributed by atoms with van der Waals surface area (Å²) in [5.74, 6) is 0.105. The van der Waals surface area contributed by atoms with Gasteiger partial charge in [-0.05, 0) is 36.8 Å². The smallest absolute Gasteiger partial charge is 0.325 e. The third kappa shape index (κ3) is 3.62. The van der Waals surface area contributed by atoms with Gasteiger partial charge in [0.2, 0.25) is 0 Å². The van der Waals surface area contributed by atoms with Crippen molar-refractivity contribution in [2.45, 2.75) is 13.0 Å². The van der Waals surface area contributed by atoms with E-state index in [1.165, 1.54) is 5.56 Å². The number of anilines is 1. The molecular weight excluding hydrogens is 412 g/mol. The van der Waals surface area contributed by atoms with E-state index in [0.29, 0.717) is 18.1 Å². The number of para-hydroxylation sites is 1. The lowest BCUT2D eigenvalue weighted by molar-refractivity contribution is -0.143. The minimum absolute atomic E-state index is 0.625. The topological polar surface area (TPSA) is 72.5 Å². The van der Waals surface area contributed by atoms with Crippen LogP contribution in [-0.4, -0.2) is 52.1 Å². The van der Waals surface area contributed by atoms with Crippen LogP contribution in [0.5, 0.6) is 0 Å². The number of benzene rings is 2. The predicted octanol–water partition coefficient (Wildman–Crippen LogP) is 4.63. The summed E-state index contributed by atoms with van der Waals surface area (Å²) < 4.78 is 0. The maximum absolute atomic E-state index is 12.2. The van der Waals surface area contributed by atoms with Crippen molar-refractivity contribution in [2.24, 2.45) is 0 Å². The van der Waals surface area contributed by atoms with E-state index in [2.05, 4.69) is 28.9 Å². The molecule has 1 fully saturated rings. The van der Waals surface area contributed by atoms with Crippen LogP contribution in [0.15, 0.2) is 54.7 Å². The van der Waals surface area contributed by atoms with Crippen LogP contribution < -0.4 is 4.90 Å². The van der Waals surface area contributed by atoms with Crippen molar-refractivity contribution in [3.05, 3.63) is 70.9 Å². The molecular formula is C24H23ClN4O2. The maximum atomic E-state index is 12.2. The van der Waals surface area contributed by atoms with Crippen molar-refractivity contribution >= 4 is 45.2 Å². The summed E-state index contributed by atoms with van der Waals surface area (Å²) in [4.78, 5) is 24.5. The summed E-state index contributed by atoms with van der Waals surface area (Å²) in [5.41, 5.74) is 3.81. The Kier molecular flexibility index (Phi) is 5.04. The third-order valence-corrected chi connectivity index (χ3v) is 6.35. The number of aromatic nitrogens is 2. The lowest BCUT2D eigenvalue weighted by atomic mass is 10.0. The number of carboxylic acids is 1. The van der Waals surface area contributed by atoms with Gasteiger partial charge in [-0.25, -0.2) is 4.98 Å². The van der Waals surface area contributed by atoms with E-state index < -0.39 is 12.0 Å². The average molecular weight is 435 g/mol. The highest BCUT2D eigenvalue weighted by Crippen LogP contribution is 2.31. The fourth-order valence-electron chi connectivity index (χ4n) is 4.54. The van der Waals surface area contributed by atoms with Gasteiger partial charge in [0.05, 0.1) is 5.52 Å². The van der Waals surface area contributed by atoms with Crippen molar-refractivity contribution in [2.75, 3.05) is 31.1 Å². The van der Waals surface area contributed by atoms with Crippen LogP contribution in [0.1, 0.15) is 17.2 Å². The highest BCUT2D eigenvalue weighted by molar-refractivity contribution is 6.31. The molecule has 0 radical (unpaired) electrons. The van der Waals surface area contributed by atoms with Crippen LogP contribution >= 0.6 is 11.6 Å². The SMILES string of the molecule is Cc1cc(N2CCN([C@@H](C(=O)O)c3c[nH]c4cc(Cl)ccc34)CC2)nc2ccccc12. The first kappa shape index (κ1) is 19.8.